The van der Waals surface area contributed by atoms with Gasteiger partial charge in [0.2, 0.25) is 11.6 Å². The standard InChI is InChI=1S/C13H11Cl2N9O3/c1-22-12(18-20-21-22)17-10(25)9-11(26)24(13(27)23(2)19-9)5-6-3-7(14)16-8(15)4-6/h3-4H,5H2,1-2H3,(H,17,18,21,25). The summed E-state index contributed by atoms with van der Waals surface area (Å²) in [5.74, 6) is -0.859. The van der Waals surface area contributed by atoms with Crippen molar-refractivity contribution >= 4 is 35.1 Å². The van der Waals surface area contributed by atoms with Crippen LogP contribution in [0.15, 0.2) is 21.7 Å². The van der Waals surface area contributed by atoms with E-state index in [9.17, 15) is 14.4 Å². The summed E-state index contributed by atoms with van der Waals surface area (Å²) in [6, 6.07) is 2.90. The second-order valence-electron chi connectivity index (χ2n) is 5.35. The number of hydrogen-bond acceptors (Lipinski definition) is 8. The van der Waals surface area contributed by atoms with Gasteiger partial charge in [-0.25, -0.2) is 19.1 Å². The lowest BCUT2D eigenvalue weighted by molar-refractivity contribution is 0.101. The lowest BCUT2D eigenvalue weighted by Gasteiger charge is -2.10. The highest BCUT2D eigenvalue weighted by molar-refractivity contribution is 6.32. The molecule has 0 saturated heterocycles. The highest BCUT2D eigenvalue weighted by Crippen LogP contribution is 2.14. The Balaban J connectivity index is 2.02. The fraction of sp³-hybridized carbons (Fsp3) is 0.231. The first kappa shape index (κ1) is 18.7. The number of aromatic nitrogens is 8. The second-order valence-corrected chi connectivity index (χ2v) is 6.12. The predicted molar refractivity (Wildman–Crippen MR) is 93.8 cm³/mol. The van der Waals surface area contributed by atoms with Crippen molar-refractivity contribution in [2.45, 2.75) is 6.54 Å². The van der Waals surface area contributed by atoms with Crippen molar-refractivity contribution in [3.8, 4) is 0 Å². The molecule has 12 nitrogen and oxygen atoms in total. The molecule has 0 radical (unpaired) electrons. The number of amides is 1. The summed E-state index contributed by atoms with van der Waals surface area (Å²) in [6.45, 7) is -0.179. The van der Waals surface area contributed by atoms with Gasteiger partial charge in [0.25, 0.3) is 11.5 Å². The van der Waals surface area contributed by atoms with Crippen LogP contribution < -0.4 is 16.6 Å². The van der Waals surface area contributed by atoms with Gasteiger partial charge in [0.15, 0.2) is 0 Å². The number of nitrogens with zero attached hydrogens (tertiary/aromatic N) is 8. The summed E-state index contributed by atoms with van der Waals surface area (Å²) < 4.78 is 2.90. The number of nitrogens with one attached hydrogen (secondary N) is 1. The topological polar surface area (TPSA) is 142 Å². The summed E-state index contributed by atoms with van der Waals surface area (Å²) >= 11 is 11.7. The van der Waals surface area contributed by atoms with Gasteiger partial charge in [0.1, 0.15) is 10.3 Å². The summed E-state index contributed by atoms with van der Waals surface area (Å²) in [4.78, 5) is 41.2. The summed E-state index contributed by atoms with van der Waals surface area (Å²) in [5, 5.41) is 16.8. The number of anilines is 1. The average Bonchev–Trinajstić information content (AvgIpc) is 2.99. The first-order chi connectivity index (χ1) is 12.8. The van der Waals surface area contributed by atoms with Crippen molar-refractivity contribution in [3.05, 3.63) is 54.5 Å². The molecule has 27 heavy (non-hydrogen) atoms. The van der Waals surface area contributed by atoms with Gasteiger partial charge in [-0.05, 0) is 28.1 Å². The van der Waals surface area contributed by atoms with Crippen molar-refractivity contribution < 1.29 is 4.79 Å². The van der Waals surface area contributed by atoms with E-state index in [0.717, 1.165) is 9.25 Å². The molecule has 0 spiro atoms. The molecule has 1 amide bonds. The molecule has 0 aliphatic rings. The van der Waals surface area contributed by atoms with Gasteiger partial charge in [-0.15, -0.1) is 0 Å². The molecule has 3 rings (SSSR count). The molecule has 3 heterocycles. The molecule has 0 aromatic carbocycles. The maximum Gasteiger partial charge on any atom is 0.347 e. The number of carbonyl (C=O) groups excluding carboxylic acids is 1. The summed E-state index contributed by atoms with van der Waals surface area (Å²) in [6.07, 6.45) is 0. The maximum absolute atomic E-state index is 12.7. The Morgan fingerprint density at radius 2 is 1.81 bits per heavy atom. The highest BCUT2D eigenvalue weighted by atomic mass is 35.5. The fourth-order valence-corrected chi connectivity index (χ4v) is 2.70. The predicted octanol–water partition coefficient (Wildman–Crippen LogP) is -0.532. The van der Waals surface area contributed by atoms with Gasteiger partial charge in [-0.1, -0.05) is 28.3 Å². The molecule has 3 aromatic rings. The molecule has 0 saturated carbocycles. The molecule has 0 atom stereocenters. The first-order valence-corrected chi connectivity index (χ1v) is 8.05. The van der Waals surface area contributed by atoms with Crippen LogP contribution in [-0.4, -0.2) is 45.4 Å². The van der Waals surface area contributed by atoms with E-state index >= 15 is 0 Å². The number of halogens is 2. The van der Waals surface area contributed by atoms with Gasteiger partial charge in [-0.3, -0.25) is 19.5 Å². The van der Waals surface area contributed by atoms with Crippen LogP contribution in [0.1, 0.15) is 16.1 Å². The zero-order valence-corrected chi connectivity index (χ0v) is 15.4. The SMILES string of the molecule is Cn1nnnc1NC(=O)c1nn(C)c(=O)n(Cc2cc(Cl)nc(Cl)c2)c1=O. The second kappa shape index (κ2) is 7.25. The number of rotatable bonds is 4. The minimum absolute atomic E-state index is 0.00861. The Labute approximate surface area is 160 Å². The van der Waals surface area contributed by atoms with Crippen molar-refractivity contribution in [2.24, 2.45) is 14.1 Å². The molecule has 140 valence electrons. The highest BCUT2D eigenvalue weighted by Gasteiger charge is 2.20. The third kappa shape index (κ3) is 3.85. The van der Waals surface area contributed by atoms with Crippen molar-refractivity contribution in [1.29, 1.82) is 0 Å². The number of carbonyl (C=O) groups is 1. The smallest absolute Gasteiger partial charge is 0.288 e. The molecule has 0 aliphatic heterocycles. The lowest BCUT2D eigenvalue weighted by Crippen LogP contribution is -2.44. The van der Waals surface area contributed by atoms with E-state index in [1.807, 2.05) is 0 Å². The van der Waals surface area contributed by atoms with Crippen LogP contribution in [0.25, 0.3) is 0 Å². The Hall–Kier alpha value is -3.12. The van der Waals surface area contributed by atoms with Crippen LogP contribution in [0.4, 0.5) is 5.95 Å². The minimum Gasteiger partial charge on any atom is -0.288 e. The monoisotopic (exact) mass is 411 g/mol. The molecule has 1 N–H and O–H groups in total. The number of hydrogen-bond donors (Lipinski definition) is 1. The summed E-state index contributed by atoms with van der Waals surface area (Å²) in [5.41, 5.74) is -1.67. The van der Waals surface area contributed by atoms with Crippen LogP contribution in [0.5, 0.6) is 0 Å². The van der Waals surface area contributed by atoms with Crippen LogP contribution in [-0.2, 0) is 20.6 Å². The van der Waals surface area contributed by atoms with E-state index in [4.69, 9.17) is 23.2 Å². The Morgan fingerprint density at radius 3 is 2.41 bits per heavy atom. The van der Waals surface area contributed by atoms with E-state index in [0.29, 0.717) is 5.56 Å². The van der Waals surface area contributed by atoms with Gasteiger partial charge in [-0.2, -0.15) is 5.10 Å². The van der Waals surface area contributed by atoms with Gasteiger partial charge in [0, 0.05) is 14.1 Å². The Kier molecular flexibility index (Phi) is 5.01. The molecule has 14 heteroatoms. The normalized spacial score (nSPS) is 10.8. The zero-order chi connectivity index (χ0) is 19.7. The van der Waals surface area contributed by atoms with Crippen LogP contribution in [0.3, 0.4) is 0 Å². The third-order valence-corrected chi connectivity index (χ3v) is 3.82. The molecule has 0 unspecified atom stereocenters. The largest absolute Gasteiger partial charge is 0.347 e. The van der Waals surface area contributed by atoms with Crippen LogP contribution >= 0.6 is 23.2 Å². The minimum atomic E-state index is -0.894. The molecular formula is C13H11Cl2N9O3. The number of aryl methyl sites for hydroxylation is 2. The molecule has 0 bridgehead atoms. The van der Waals surface area contributed by atoms with E-state index in [1.54, 1.807) is 0 Å². The van der Waals surface area contributed by atoms with E-state index < -0.39 is 22.9 Å². The van der Waals surface area contributed by atoms with Crippen molar-refractivity contribution in [2.75, 3.05) is 5.32 Å². The maximum atomic E-state index is 12.7. The molecule has 0 fully saturated rings. The number of pyridine rings is 1. The zero-order valence-electron chi connectivity index (χ0n) is 13.9. The van der Waals surface area contributed by atoms with Crippen LogP contribution in [0.2, 0.25) is 10.3 Å². The quantitative estimate of drug-likeness (QED) is 0.564. The van der Waals surface area contributed by atoms with Gasteiger partial charge < -0.3 is 0 Å². The molecule has 3 aromatic heterocycles. The van der Waals surface area contributed by atoms with E-state index in [-0.39, 0.29) is 22.8 Å². The van der Waals surface area contributed by atoms with Gasteiger partial charge in [0.05, 0.1) is 6.54 Å². The third-order valence-electron chi connectivity index (χ3n) is 3.43. The molecular weight excluding hydrogens is 401 g/mol. The number of tetrazole rings is 1. The average molecular weight is 412 g/mol. The molecule has 0 aliphatic carbocycles. The summed E-state index contributed by atoms with van der Waals surface area (Å²) in [7, 11) is 2.81. The first-order valence-electron chi connectivity index (χ1n) is 7.30. The van der Waals surface area contributed by atoms with E-state index in [1.165, 1.54) is 30.9 Å². The lowest BCUT2D eigenvalue weighted by atomic mass is 10.2. The van der Waals surface area contributed by atoms with E-state index in [2.05, 4.69) is 30.9 Å². The van der Waals surface area contributed by atoms with Crippen LogP contribution in [0, 0.1) is 0 Å². The van der Waals surface area contributed by atoms with Crippen molar-refractivity contribution in [3.63, 3.8) is 0 Å². The Bertz CT molecular complexity index is 1130. The van der Waals surface area contributed by atoms with Gasteiger partial charge >= 0.3 is 5.69 Å². The fourth-order valence-electron chi connectivity index (χ4n) is 2.19. The Morgan fingerprint density at radius 1 is 1.15 bits per heavy atom. The van der Waals surface area contributed by atoms with Crippen molar-refractivity contribution in [1.82, 2.24) is 39.5 Å².